The molecule has 0 spiro atoms. The van der Waals surface area contributed by atoms with Crippen molar-refractivity contribution in [3.05, 3.63) is 0 Å². The summed E-state index contributed by atoms with van der Waals surface area (Å²) in [6, 6.07) is 0.135. The molecule has 0 aromatic heterocycles. The van der Waals surface area contributed by atoms with E-state index in [0.29, 0.717) is 6.42 Å². The summed E-state index contributed by atoms with van der Waals surface area (Å²) < 4.78 is 4.93. The van der Waals surface area contributed by atoms with E-state index in [1.54, 1.807) is 0 Å². The molecule has 0 aliphatic heterocycles. The maximum Gasteiger partial charge on any atom is 0.161 e. The second kappa shape index (κ2) is 3.18. The minimum Gasteiger partial charge on any atom is -0.355 e. The van der Waals surface area contributed by atoms with Crippen molar-refractivity contribution in [2.75, 3.05) is 6.07 Å². The number of ether oxygens (including phenoxy) is 1. The van der Waals surface area contributed by atoms with Crippen LogP contribution in [-0.2, 0) is 9.53 Å². The third kappa shape index (κ3) is 1.66. The van der Waals surface area contributed by atoms with Crippen LogP contribution in [0.25, 0.3) is 0 Å². The first-order chi connectivity index (χ1) is 4.34. The van der Waals surface area contributed by atoms with E-state index in [2.05, 4.69) is 0 Å². The van der Waals surface area contributed by atoms with Gasteiger partial charge in [-0.2, -0.15) is 0 Å². The van der Waals surface area contributed by atoms with E-state index in [1.807, 2.05) is 0 Å². The van der Waals surface area contributed by atoms with Gasteiger partial charge in [-0.05, 0) is 12.8 Å². The number of ketones is 1. The molecule has 3 heteroatoms. The molecular formula is C6H9ClO2. The topological polar surface area (TPSA) is 26.3 Å². The summed E-state index contributed by atoms with van der Waals surface area (Å²) in [6.45, 7) is 0. The zero-order valence-electron chi connectivity index (χ0n) is 5.10. The lowest BCUT2D eigenvalue weighted by molar-refractivity contribution is -0.126. The molecule has 1 unspecified atom stereocenters. The molecule has 0 amide bonds. The van der Waals surface area contributed by atoms with Crippen LogP contribution in [0.1, 0.15) is 19.3 Å². The zero-order chi connectivity index (χ0) is 6.69. The van der Waals surface area contributed by atoms with Crippen LogP contribution >= 0.6 is 11.6 Å². The third-order valence-corrected chi connectivity index (χ3v) is 1.64. The minimum atomic E-state index is -0.192. The van der Waals surface area contributed by atoms with E-state index < -0.39 is 0 Å². The van der Waals surface area contributed by atoms with Crippen molar-refractivity contribution < 1.29 is 9.53 Å². The summed E-state index contributed by atoms with van der Waals surface area (Å²) in [4.78, 5) is 10.8. The van der Waals surface area contributed by atoms with Gasteiger partial charge in [0.25, 0.3) is 0 Å². The smallest absolute Gasteiger partial charge is 0.161 e. The van der Waals surface area contributed by atoms with Gasteiger partial charge in [-0.25, -0.2) is 0 Å². The van der Waals surface area contributed by atoms with Gasteiger partial charge in [-0.3, -0.25) is 4.79 Å². The van der Waals surface area contributed by atoms with Crippen molar-refractivity contribution in [2.45, 2.75) is 25.4 Å². The van der Waals surface area contributed by atoms with E-state index in [4.69, 9.17) is 16.3 Å². The van der Waals surface area contributed by atoms with Crippen LogP contribution in [0.4, 0.5) is 0 Å². The molecule has 1 atom stereocenters. The predicted octanol–water partition coefficient (Wildman–Crippen LogP) is 1.32. The van der Waals surface area contributed by atoms with Crippen LogP contribution in [0.3, 0.4) is 0 Å². The Bertz CT molecular complexity index is 114. The number of carbonyl (C=O) groups is 1. The van der Waals surface area contributed by atoms with Crippen molar-refractivity contribution >= 4 is 17.4 Å². The van der Waals surface area contributed by atoms with Gasteiger partial charge >= 0.3 is 0 Å². The predicted molar refractivity (Wildman–Crippen MR) is 34.5 cm³/mol. The van der Waals surface area contributed by atoms with E-state index in [9.17, 15) is 4.79 Å². The molecule has 9 heavy (non-hydrogen) atoms. The van der Waals surface area contributed by atoms with E-state index >= 15 is 0 Å². The second-order valence-electron chi connectivity index (χ2n) is 2.12. The number of Topliss-reactive ketones (excluding diaryl/α,β-unsaturated/α-hetero) is 1. The molecule has 0 aromatic carbocycles. The highest BCUT2D eigenvalue weighted by Crippen LogP contribution is 2.17. The summed E-state index contributed by atoms with van der Waals surface area (Å²) in [6.07, 6.45) is 2.29. The van der Waals surface area contributed by atoms with Gasteiger partial charge < -0.3 is 4.74 Å². The normalized spacial score (nSPS) is 27.2. The second-order valence-corrected chi connectivity index (χ2v) is 2.34. The van der Waals surface area contributed by atoms with Gasteiger partial charge in [0.1, 0.15) is 12.2 Å². The monoisotopic (exact) mass is 148 g/mol. The molecule has 0 radical (unpaired) electrons. The standard InChI is InChI=1S/C6H9ClO2/c7-4-9-6-3-1-2-5(6)8/h6H,1-4H2. The van der Waals surface area contributed by atoms with Crippen molar-refractivity contribution in [3.8, 4) is 0 Å². The quantitative estimate of drug-likeness (QED) is 0.553. The molecule has 0 bridgehead atoms. The molecule has 1 saturated carbocycles. The first kappa shape index (κ1) is 7.03. The van der Waals surface area contributed by atoms with Gasteiger partial charge in [0.15, 0.2) is 5.78 Å². The number of halogens is 1. The van der Waals surface area contributed by atoms with Crippen LogP contribution in [0.15, 0.2) is 0 Å². The Morgan fingerprint density at radius 2 is 2.56 bits per heavy atom. The number of rotatable bonds is 2. The van der Waals surface area contributed by atoms with Crippen LogP contribution in [0.2, 0.25) is 0 Å². The molecule has 1 aliphatic carbocycles. The number of alkyl halides is 1. The maximum atomic E-state index is 10.8. The Labute approximate surface area is 59.1 Å². The van der Waals surface area contributed by atoms with E-state index in [-0.39, 0.29) is 18.0 Å². The largest absolute Gasteiger partial charge is 0.355 e. The lowest BCUT2D eigenvalue weighted by atomic mass is 10.3. The Hall–Kier alpha value is -0.0800. The first-order valence-electron chi connectivity index (χ1n) is 3.05. The minimum absolute atomic E-state index is 0.135. The van der Waals surface area contributed by atoms with Crippen molar-refractivity contribution in [3.63, 3.8) is 0 Å². The summed E-state index contributed by atoms with van der Waals surface area (Å²) in [5.74, 6) is 0.204. The van der Waals surface area contributed by atoms with Gasteiger partial charge in [-0.1, -0.05) is 11.6 Å². The zero-order valence-corrected chi connectivity index (χ0v) is 5.86. The molecule has 0 saturated heterocycles. The molecule has 1 fully saturated rings. The fraction of sp³-hybridized carbons (Fsp3) is 0.833. The molecule has 2 nitrogen and oxygen atoms in total. The first-order valence-corrected chi connectivity index (χ1v) is 3.58. The maximum absolute atomic E-state index is 10.8. The summed E-state index contributed by atoms with van der Waals surface area (Å²) in [5, 5.41) is 0. The molecular weight excluding hydrogens is 140 g/mol. The molecule has 0 N–H and O–H groups in total. The van der Waals surface area contributed by atoms with E-state index in [0.717, 1.165) is 12.8 Å². The lowest BCUT2D eigenvalue weighted by Gasteiger charge is -2.04. The lowest BCUT2D eigenvalue weighted by Crippen LogP contribution is -2.16. The highest BCUT2D eigenvalue weighted by atomic mass is 35.5. The summed E-state index contributed by atoms with van der Waals surface area (Å²) in [7, 11) is 0. The van der Waals surface area contributed by atoms with Crippen LogP contribution < -0.4 is 0 Å². The van der Waals surface area contributed by atoms with Crippen LogP contribution in [0.5, 0.6) is 0 Å². The fourth-order valence-electron chi connectivity index (χ4n) is 1.04. The molecule has 52 valence electrons. The summed E-state index contributed by atoms with van der Waals surface area (Å²) >= 11 is 5.27. The highest BCUT2D eigenvalue weighted by Gasteiger charge is 2.24. The molecule has 1 aliphatic rings. The Morgan fingerprint density at radius 1 is 1.78 bits per heavy atom. The Kier molecular flexibility index (Phi) is 2.49. The number of hydrogen-bond acceptors (Lipinski definition) is 2. The molecule has 0 aromatic rings. The van der Waals surface area contributed by atoms with Crippen molar-refractivity contribution in [1.82, 2.24) is 0 Å². The average molecular weight is 149 g/mol. The van der Waals surface area contributed by atoms with Crippen LogP contribution in [0, 0.1) is 0 Å². The summed E-state index contributed by atoms with van der Waals surface area (Å²) in [5.41, 5.74) is 0. The van der Waals surface area contributed by atoms with Crippen LogP contribution in [-0.4, -0.2) is 18.0 Å². The number of carbonyl (C=O) groups excluding carboxylic acids is 1. The Balaban J connectivity index is 2.31. The van der Waals surface area contributed by atoms with Gasteiger partial charge in [0, 0.05) is 6.42 Å². The SMILES string of the molecule is O=C1CCCC1OCCl. The fourth-order valence-corrected chi connectivity index (χ4v) is 1.19. The molecule has 1 rings (SSSR count). The molecule has 0 heterocycles. The number of hydrogen-bond donors (Lipinski definition) is 0. The van der Waals surface area contributed by atoms with E-state index in [1.165, 1.54) is 0 Å². The average Bonchev–Trinajstić information content (AvgIpc) is 2.18. The van der Waals surface area contributed by atoms with Gasteiger partial charge in [0.2, 0.25) is 0 Å². The van der Waals surface area contributed by atoms with Gasteiger partial charge in [0.05, 0.1) is 0 Å². The highest BCUT2D eigenvalue weighted by molar-refractivity contribution is 6.17. The van der Waals surface area contributed by atoms with Gasteiger partial charge in [-0.15, -0.1) is 0 Å². The van der Waals surface area contributed by atoms with Crippen molar-refractivity contribution in [1.29, 1.82) is 0 Å². The Morgan fingerprint density at radius 3 is 3.00 bits per heavy atom. The van der Waals surface area contributed by atoms with Crippen molar-refractivity contribution in [2.24, 2.45) is 0 Å². The third-order valence-electron chi connectivity index (χ3n) is 1.51.